The number of aromatic nitrogens is 2. The number of nitriles is 1. The van der Waals surface area contributed by atoms with Crippen molar-refractivity contribution in [1.82, 2.24) is 10.2 Å². The van der Waals surface area contributed by atoms with Crippen LogP contribution in [0.4, 0.5) is 24.7 Å². The van der Waals surface area contributed by atoms with Crippen LogP contribution in [0.5, 0.6) is 11.6 Å². The van der Waals surface area contributed by atoms with E-state index in [1.54, 1.807) is 20.8 Å². The van der Waals surface area contributed by atoms with Crippen LogP contribution >= 0.6 is 0 Å². The van der Waals surface area contributed by atoms with Crippen LogP contribution in [-0.4, -0.2) is 41.5 Å². The summed E-state index contributed by atoms with van der Waals surface area (Å²) in [6.07, 6.45) is -5.60. The summed E-state index contributed by atoms with van der Waals surface area (Å²) < 4.78 is 56.4. The first kappa shape index (κ1) is 23.1. The highest BCUT2D eigenvalue weighted by Gasteiger charge is 2.38. The fourth-order valence-electron chi connectivity index (χ4n) is 3.16. The van der Waals surface area contributed by atoms with Gasteiger partial charge >= 0.3 is 12.1 Å². The number of hydrogen-bond donors (Lipinski definition) is 0. The summed E-state index contributed by atoms with van der Waals surface area (Å²) >= 11 is 0. The van der Waals surface area contributed by atoms with Crippen molar-refractivity contribution >= 4 is 17.5 Å². The van der Waals surface area contributed by atoms with Crippen LogP contribution in [-0.2, 0) is 15.7 Å². The molecule has 2 aromatic rings. The number of ether oxygens (including phenoxy) is 3. The minimum absolute atomic E-state index is 0.0145. The molecule has 3 rings (SSSR count). The van der Waals surface area contributed by atoms with Gasteiger partial charge in [0.05, 0.1) is 37.4 Å². The quantitative estimate of drug-likeness (QED) is 0.645. The van der Waals surface area contributed by atoms with Crippen molar-refractivity contribution in [2.24, 2.45) is 0 Å². The number of rotatable bonds is 4. The lowest BCUT2D eigenvalue weighted by Crippen LogP contribution is -2.40. The Morgan fingerprint density at radius 2 is 2.00 bits per heavy atom. The van der Waals surface area contributed by atoms with Crippen LogP contribution in [0.25, 0.3) is 0 Å². The zero-order valence-electron chi connectivity index (χ0n) is 17.9. The summed E-state index contributed by atoms with van der Waals surface area (Å²) in [6.45, 7) is 5.16. The molecule has 0 saturated carbocycles. The number of benzene rings is 1. The summed E-state index contributed by atoms with van der Waals surface area (Å²) in [7, 11) is 1.07. The highest BCUT2D eigenvalue weighted by atomic mass is 19.4. The van der Waals surface area contributed by atoms with Crippen LogP contribution in [0.2, 0.25) is 0 Å². The van der Waals surface area contributed by atoms with Crippen molar-refractivity contribution in [1.29, 1.82) is 5.26 Å². The van der Waals surface area contributed by atoms with Crippen molar-refractivity contribution in [2.75, 3.05) is 18.6 Å². The molecule has 32 heavy (non-hydrogen) atoms. The van der Waals surface area contributed by atoms with E-state index < -0.39 is 35.3 Å². The lowest BCUT2D eigenvalue weighted by molar-refractivity contribution is -0.156. The molecule has 0 N–H and O–H groups in total. The number of esters is 1. The Morgan fingerprint density at radius 3 is 2.59 bits per heavy atom. The van der Waals surface area contributed by atoms with Gasteiger partial charge in [0.15, 0.2) is 5.82 Å². The average Bonchev–Trinajstić information content (AvgIpc) is 2.70. The van der Waals surface area contributed by atoms with Crippen LogP contribution in [0, 0.1) is 11.3 Å². The Hall–Kier alpha value is -3.55. The van der Waals surface area contributed by atoms with E-state index in [4.69, 9.17) is 14.2 Å². The number of halogens is 3. The molecule has 2 heterocycles. The van der Waals surface area contributed by atoms with E-state index in [-0.39, 0.29) is 30.1 Å². The summed E-state index contributed by atoms with van der Waals surface area (Å²) in [5.74, 6) is -1.02. The van der Waals surface area contributed by atoms with E-state index >= 15 is 0 Å². The molecule has 0 bridgehead atoms. The van der Waals surface area contributed by atoms with E-state index in [1.807, 2.05) is 6.07 Å². The smallest absolute Gasteiger partial charge is 0.421 e. The third-order valence-electron chi connectivity index (χ3n) is 4.40. The first-order valence-electron chi connectivity index (χ1n) is 9.60. The molecule has 0 fully saturated rings. The van der Waals surface area contributed by atoms with Crippen LogP contribution in [0.1, 0.15) is 38.3 Å². The number of fused-ring (bicyclic) bond motifs is 1. The minimum atomic E-state index is -4.73. The van der Waals surface area contributed by atoms with Gasteiger partial charge in [-0.2, -0.15) is 18.4 Å². The first-order chi connectivity index (χ1) is 14.9. The first-order valence-corrected chi connectivity index (χ1v) is 9.60. The van der Waals surface area contributed by atoms with Gasteiger partial charge in [-0.15, -0.1) is 10.2 Å². The van der Waals surface area contributed by atoms with Gasteiger partial charge in [-0.1, -0.05) is 0 Å². The summed E-state index contributed by atoms with van der Waals surface area (Å²) in [5.41, 5.74) is -1.19. The van der Waals surface area contributed by atoms with Crippen LogP contribution < -0.4 is 14.4 Å². The standard InChI is InChI=1S/C21H21F3N4O4/c1-20(2,3)32-18(29)8-13-11-28(15-7-12(10-25)5-6-16(15)31-13)17-9-14(21(22,23)24)19(30-4)27-26-17/h5-7,9,13H,8,11H2,1-4H3. The molecule has 0 radical (unpaired) electrons. The van der Waals surface area contributed by atoms with Gasteiger partial charge in [0.2, 0.25) is 5.88 Å². The fourth-order valence-corrected chi connectivity index (χ4v) is 3.16. The molecule has 1 unspecified atom stereocenters. The number of carbonyl (C=O) groups excluding carboxylic acids is 1. The number of methoxy groups -OCH3 is 1. The van der Waals surface area contributed by atoms with Gasteiger partial charge < -0.3 is 19.1 Å². The fraction of sp³-hybridized carbons (Fsp3) is 0.429. The number of carbonyl (C=O) groups is 1. The second-order valence-corrected chi connectivity index (χ2v) is 8.06. The van der Waals surface area contributed by atoms with E-state index in [9.17, 15) is 23.2 Å². The molecule has 1 aromatic heterocycles. The predicted molar refractivity (Wildman–Crippen MR) is 107 cm³/mol. The summed E-state index contributed by atoms with van der Waals surface area (Å²) in [4.78, 5) is 13.7. The Labute approximate surface area is 182 Å². The lowest BCUT2D eigenvalue weighted by atomic mass is 10.1. The van der Waals surface area contributed by atoms with E-state index in [1.165, 1.54) is 23.1 Å². The van der Waals surface area contributed by atoms with Crippen molar-refractivity contribution < 1.29 is 32.2 Å². The van der Waals surface area contributed by atoms with E-state index in [0.717, 1.165) is 13.2 Å². The third kappa shape index (κ3) is 5.19. The molecule has 1 aromatic carbocycles. The largest absolute Gasteiger partial charge is 0.486 e. The maximum Gasteiger partial charge on any atom is 0.421 e. The monoisotopic (exact) mass is 450 g/mol. The molecule has 1 aliphatic rings. The Kier molecular flexibility index (Phi) is 6.16. The van der Waals surface area contributed by atoms with E-state index in [2.05, 4.69) is 10.2 Å². The van der Waals surface area contributed by atoms with Gasteiger partial charge in [0, 0.05) is 6.07 Å². The lowest BCUT2D eigenvalue weighted by Gasteiger charge is -2.35. The Balaban J connectivity index is 2.02. The summed E-state index contributed by atoms with van der Waals surface area (Å²) in [5, 5.41) is 16.7. The highest BCUT2D eigenvalue weighted by Crippen LogP contribution is 2.41. The minimum Gasteiger partial charge on any atom is -0.486 e. The molecule has 0 amide bonds. The molecular weight excluding hydrogens is 429 g/mol. The van der Waals surface area contributed by atoms with Crippen molar-refractivity contribution in [3.05, 3.63) is 35.4 Å². The second kappa shape index (κ2) is 8.53. The SMILES string of the molecule is COc1nnc(N2CC(CC(=O)OC(C)(C)C)Oc3ccc(C#N)cc32)cc1C(F)(F)F. The van der Waals surface area contributed by atoms with Gasteiger partial charge in [0.1, 0.15) is 23.0 Å². The topological polar surface area (TPSA) is 97.6 Å². The second-order valence-electron chi connectivity index (χ2n) is 8.06. The van der Waals surface area contributed by atoms with Gasteiger partial charge in [-0.3, -0.25) is 4.79 Å². The average molecular weight is 450 g/mol. The zero-order valence-corrected chi connectivity index (χ0v) is 17.9. The maximum atomic E-state index is 13.5. The molecule has 0 aliphatic carbocycles. The molecule has 11 heteroatoms. The molecule has 170 valence electrons. The van der Waals surface area contributed by atoms with Gasteiger partial charge in [-0.05, 0) is 39.0 Å². The number of alkyl halides is 3. The third-order valence-corrected chi connectivity index (χ3v) is 4.40. The predicted octanol–water partition coefficient (Wildman–Crippen LogP) is 4.01. The Morgan fingerprint density at radius 1 is 1.28 bits per heavy atom. The maximum absolute atomic E-state index is 13.5. The van der Waals surface area contributed by atoms with Crippen LogP contribution in [0.3, 0.4) is 0 Å². The van der Waals surface area contributed by atoms with Crippen molar-refractivity contribution in [3.63, 3.8) is 0 Å². The molecule has 0 spiro atoms. The molecule has 1 atom stereocenters. The van der Waals surface area contributed by atoms with Crippen molar-refractivity contribution in [3.8, 4) is 17.7 Å². The number of anilines is 2. The molecule has 1 aliphatic heterocycles. The van der Waals surface area contributed by atoms with E-state index in [0.29, 0.717) is 5.69 Å². The molecule has 8 nitrogen and oxygen atoms in total. The summed E-state index contributed by atoms with van der Waals surface area (Å²) in [6, 6.07) is 7.29. The van der Waals surface area contributed by atoms with Gasteiger partial charge in [0.25, 0.3) is 0 Å². The Bertz CT molecular complexity index is 1060. The normalized spacial score (nSPS) is 15.9. The molecule has 0 saturated heterocycles. The zero-order chi connectivity index (χ0) is 23.7. The number of hydrogen-bond acceptors (Lipinski definition) is 8. The number of nitrogens with zero attached hydrogens (tertiary/aromatic N) is 4. The van der Waals surface area contributed by atoms with Gasteiger partial charge in [-0.25, -0.2) is 0 Å². The molecular formula is C21H21F3N4O4. The highest BCUT2D eigenvalue weighted by molar-refractivity contribution is 5.74. The van der Waals surface area contributed by atoms with Crippen molar-refractivity contribution in [2.45, 2.75) is 45.1 Å². The van der Waals surface area contributed by atoms with Crippen LogP contribution in [0.15, 0.2) is 24.3 Å².